The first kappa shape index (κ1) is 27.2. The number of benzene rings is 4. The van der Waals surface area contributed by atoms with Gasteiger partial charge in [0.05, 0.1) is 5.02 Å². The highest BCUT2D eigenvalue weighted by atomic mass is 35.5. The molecular weight excluding hydrogens is 515 g/mol. The molecule has 7 heteroatoms. The van der Waals surface area contributed by atoms with Crippen molar-refractivity contribution < 1.29 is 18.8 Å². The first-order chi connectivity index (χ1) is 18.8. The number of ketones is 1. The fraction of sp³-hybridized carbons (Fsp3) is 0.0312. The lowest BCUT2D eigenvalue weighted by molar-refractivity contribution is -0.113. The number of rotatable bonds is 8. The van der Waals surface area contributed by atoms with Gasteiger partial charge in [0, 0.05) is 22.4 Å². The summed E-state index contributed by atoms with van der Waals surface area (Å²) in [4.78, 5) is 38.6. The summed E-state index contributed by atoms with van der Waals surface area (Å²) >= 11 is 6.15. The van der Waals surface area contributed by atoms with Crippen molar-refractivity contribution >= 4 is 47.0 Å². The fourth-order valence-corrected chi connectivity index (χ4v) is 3.90. The van der Waals surface area contributed by atoms with Gasteiger partial charge in [-0.2, -0.15) is 0 Å². The summed E-state index contributed by atoms with van der Waals surface area (Å²) in [7, 11) is 0. The smallest absolute Gasteiger partial charge is 0.272 e. The molecule has 0 saturated heterocycles. The van der Waals surface area contributed by atoms with E-state index in [1.807, 2.05) is 31.2 Å². The summed E-state index contributed by atoms with van der Waals surface area (Å²) in [5.41, 5.74) is 2.87. The monoisotopic (exact) mass is 538 g/mol. The lowest BCUT2D eigenvalue weighted by atomic mass is 10.1. The molecule has 0 aliphatic heterocycles. The maximum absolute atomic E-state index is 14.5. The molecule has 0 bridgehead atoms. The van der Waals surface area contributed by atoms with Gasteiger partial charge in [0.2, 0.25) is 0 Å². The largest absolute Gasteiger partial charge is 0.321 e. The summed E-state index contributed by atoms with van der Waals surface area (Å²) in [6.45, 7) is 1.97. The van der Waals surface area contributed by atoms with E-state index in [2.05, 4.69) is 10.6 Å². The lowest BCUT2D eigenvalue weighted by Crippen LogP contribution is -2.30. The average Bonchev–Trinajstić information content (AvgIpc) is 2.94. The Labute approximate surface area is 230 Å². The molecule has 0 aromatic heterocycles. The molecule has 0 aliphatic rings. The van der Waals surface area contributed by atoms with Crippen molar-refractivity contribution in [2.24, 2.45) is 0 Å². The van der Waals surface area contributed by atoms with E-state index in [9.17, 15) is 18.8 Å². The maximum Gasteiger partial charge on any atom is 0.272 e. The van der Waals surface area contributed by atoms with Crippen molar-refractivity contribution in [1.29, 1.82) is 0 Å². The Kier molecular flexibility index (Phi) is 8.82. The van der Waals surface area contributed by atoms with Gasteiger partial charge in [-0.1, -0.05) is 66.2 Å². The number of hydrogen-bond acceptors (Lipinski definition) is 3. The van der Waals surface area contributed by atoms with Crippen LogP contribution in [0.25, 0.3) is 12.2 Å². The highest BCUT2D eigenvalue weighted by molar-refractivity contribution is 6.32. The Hall–Kier alpha value is -4.81. The van der Waals surface area contributed by atoms with Crippen molar-refractivity contribution in [2.75, 3.05) is 5.32 Å². The van der Waals surface area contributed by atoms with Gasteiger partial charge in [0.25, 0.3) is 11.8 Å². The van der Waals surface area contributed by atoms with Gasteiger partial charge in [-0.25, -0.2) is 4.39 Å². The zero-order chi connectivity index (χ0) is 27.8. The summed E-state index contributed by atoms with van der Waals surface area (Å²) < 4.78 is 14.5. The van der Waals surface area contributed by atoms with Crippen LogP contribution in [0.4, 0.5) is 10.1 Å². The average molecular weight is 539 g/mol. The third-order valence-corrected chi connectivity index (χ3v) is 6.18. The number of carbonyl (C=O) groups is 3. The Morgan fingerprint density at radius 3 is 2.18 bits per heavy atom. The molecule has 0 atom stereocenters. The van der Waals surface area contributed by atoms with E-state index in [0.717, 1.165) is 11.1 Å². The number of allylic oxidation sites excluding steroid dienone is 1. The molecule has 0 fully saturated rings. The van der Waals surface area contributed by atoms with Crippen molar-refractivity contribution in [1.82, 2.24) is 5.32 Å². The van der Waals surface area contributed by atoms with E-state index in [1.165, 1.54) is 30.4 Å². The molecule has 4 rings (SSSR count). The molecule has 5 nitrogen and oxygen atoms in total. The summed E-state index contributed by atoms with van der Waals surface area (Å²) in [6, 6.07) is 26.5. The number of amides is 2. The molecule has 0 spiro atoms. The molecule has 0 heterocycles. The zero-order valence-electron chi connectivity index (χ0n) is 21.0. The van der Waals surface area contributed by atoms with Gasteiger partial charge in [-0.05, 0) is 78.7 Å². The molecule has 0 unspecified atom stereocenters. The first-order valence-electron chi connectivity index (χ1n) is 12.0. The minimum atomic E-state index is -0.697. The zero-order valence-corrected chi connectivity index (χ0v) is 21.7. The molecule has 4 aromatic rings. The molecule has 0 saturated carbocycles. The predicted octanol–water partition coefficient (Wildman–Crippen LogP) is 7.09. The van der Waals surface area contributed by atoms with E-state index < -0.39 is 17.6 Å². The number of aryl methyl sites for hydroxylation is 1. The topological polar surface area (TPSA) is 75.3 Å². The molecule has 0 aliphatic carbocycles. The number of halogens is 2. The van der Waals surface area contributed by atoms with Crippen molar-refractivity contribution in [3.05, 3.63) is 147 Å². The standard InChI is InChI=1S/C32H24ClFN2O3/c1-21-8-5-6-9-22(21)16-19-30(37)23-14-17-25(18-15-23)35-32(39)29(20-26-27(33)12-7-13-28(26)34)36-31(38)24-10-3-2-4-11-24/h2-20H,1H3,(H,35,39)(H,36,38)/b19-16+,29-20-. The van der Waals surface area contributed by atoms with E-state index >= 15 is 0 Å². The van der Waals surface area contributed by atoms with Gasteiger partial charge >= 0.3 is 0 Å². The fourth-order valence-electron chi connectivity index (χ4n) is 3.69. The highest BCUT2D eigenvalue weighted by Crippen LogP contribution is 2.22. The van der Waals surface area contributed by atoms with Crippen LogP contribution in [0.15, 0.2) is 109 Å². The van der Waals surface area contributed by atoms with Crippen LogP contribution in [0.3, 0.4) is 0 Å². The second kappa shape index (κ2) is 12.6. The van der Waals surface area contributed by atoms with Crippen LogP contribution in [0, 0.1) is 12.7 Å². The summed E-state index contributed by atoms with van der Waals surface area (Å²) in [5, 5.41) is 5.30. The Morgan fingerprint density at radius 1 is 0.795 bits per heavy atom. The minimum Gasteiger partial charge on any atom is -0.321 e. The van der Waals surface area contributed by atoms with Crippen LogP contribution < -0.4 is 10.6 Å². The molecule has 2 N–H and O–H groups in total. The number of carbonyl (C=O) groups excluding carboxylic acids is 3. The first-order valence-corrected chi connectivity index (χ1v) is 12.4. The van der Waals surface area contributed by atoms with Crippen LogP contribution in [0.1, 0.15) is 37.4 Å². The summed E-state index contributed by atoms with van der Waals surface area (Å²) in [6.07, 6.45) is 4.43. The maximum atomic E-state index is 14.5. The minimum absolute atomic E-state index is 0.0425. The Balaban J connectivity index is 1.53. The molecule has 39 heavy (non-hydrogen) atoms. The van der Waals surface area contributed by atoms with Gasteiger partial charge in [0.15, 0.2) is 5.78 Å². The SMILES string of the molecule is Cc1ccccc1/C=C/C(=O)c1ccc(NC(=O)/C(=C/c2c(F)cccc2Cl)NC(=O)c2ccccc2)cc1. The third kappa shape index (κ3) is 7.15. The van der Waals surface area contributed by atoms with Crippen molar-refractivity contribution in [2.45, 2.75) is 6.92 Å². The van der Waals surface area contributed by atoms with Crippen LogP contribution in [0.2, 0.25) is 5.02 Å². The van der Waals surface area contributed by atoms with E-state index in [-0.39, 0.29) is 22.1 Å². The van der Waals surface area contributed by atoms with E-state index in [4.69, 9.17) is 11.6 Å². The summed E-state index contributed by atoms with van der Waals surface area (Å²) in [5.74, 6) is -2.09. The predicted molar refractivity (Wildman–Crippen MR) is 153 cm³/mol. The molecule has 2 amide bonds. The van der Waals surface area contributed by atoms with Crippen LogP contribution >= 0.6 is 11.6 Å². The van der Waals surface area contributed by atoms with Gasteiger partial charge in [-0.15, -0.1) is 0 Å². The third-order valence-electron chi connectivity index (χ3n) is 5.85. The van der Waals surface area contributed by atoms with Crippen LogP contribution in [0.5, 0.6) is 0 Å². The number of anilines is 1. The second-order valence-electron chi connectivity index (χ2n) is 8.60. The molecular formula is C32H24ClFN2O3. The molecule has 194 valence electrons. The van der Waals surface area contributed by atoms with Crippen molar-refractivity contribution in [3.63, 3.8) is 0 Å². The number of nitrogens with one attached hydrogen (secondary N) is 2. The Morgan fingerprint density at radius 2 is 1.49 bits per heavy atom. The van der Waals surface area contributed by atoms with E-state index in [0.29, 0.717) is 16.8 Å². The van der Waals surface area contributed by atoms with Gasteiger partial charge in [-0.3, -0.25) is 14.4 Å². The van der Waals surface area contributed by atoms with E-state index in [1.54, 1.807) is 60.7 Å². The van der Waals surface area contributed by atoms with Crippen LogP contribution in [-0.4, -0.2) is 17.6 Å². The van der Waals surface area contributed by atoms with Crippen molar-refractivity contribution in [3.8, 4) is 0 Å². The highest BCUT2D eigenvalue weighted by Gasteiger charge is 2.17. The van der Waals surface area contributed by atoms with Gasteiger partial charge < -0.3 is 10.6 Å². The number of hydrogen-bond donors (Lipinski definition) is 2. The van der Waals surface area contributed by atoms with Gasteiger partial charge in [0.1, 0.15) is 11.5 Å². The Bertz CT molecular complexity index is 1560. The quantitative estimate of drug-likeness (QED) is 0.186. The lowest BCUT2D eigenvalue weighted by Gasteiger charge is -2.12. The normalized spacial score (nSPS) is 11.3. The molecule has 0 radical (unpaired) electrons. The van der Waals surface area contributed by atoms with Crippen LogP contribution in [-0.2, 0) is 4.79 Å². The molecule has 4 aromatic carbocycles. The second-order valence-corrected chi connectivity index (χ2v) is 9.01.